The van der Waals surface area contributed by atoms with Gasteiger partial charge in [-0.15, -0.1) is 0 Å². The third kappa shape index (κ3) is 1.27. The molecule has 2 rings (SSSR count). The Morgan fingerprint density at radius 3 is 2.86 bits per heavy atom. The molecule has 0 atom stereocenters. The van der Waals surface area contributed by atoms with Gasteiger partial charge in [-0.2, -0.15) is 0 Å². The summed E-state index contributed by atoms with van der Waals surface area (Å²) >= 11 is 0. The maximum atomic E-state index is 11.2. The van der Waals surface area contributed by atoms with Gasteiger partial charge >= 0.3 is 5.97 Å². The summed E-state index contributed by atoms with van der Waals surface area (Å²) in [5.74, 6) is -0.333. The highest BCUT2D eigenvalue weighted by Gasteiger charge is 2.09. The number of benzene rings is 1. The molecule has 0 aliphatic heterocycles. The van der Waals surface area contributed by atoms with Crippen molar-refractivity contribution in [3.63, 3.8) is 0 Å². The number of methoxy groups -OCH3 is 1. The molecule has 0 spiro atoms. The first-order valence-electron chi connectivity index (χ1n) is 4.39. The number of ether oxygens (including phenoxy) is 1. The van der Waals surface area contributed by atoms with Crippen molar-refractivity contribution in [2.45, 2.75) is 6.92 Å². The van der Waals surface area contributed by atoms with E-state index in [1.807, 2.05) is 25.1 Å². The third-order valence-corrected chi connectivity index (χ3v) is 2.27. The van der Waals surface area contributed by atoms with E-state index in [9.17, 15) is 4.79 Å². The molecular weight excluding hydrogens is 178 g/mol. The lowest BCUT2D eigenvalue weighted by atomic mass is 10.2. The quantitative estimate of drug-likeness (QED) is 0.699. The van der Waals surface area contributed by atoms with Crippen LogP contribution in [0, 0.1) is 6.92 Å². The molecule has 3 heteroatoms. The van der Waals surface area contributed by atoms with Crippen molar-refractivity contribution in [1.29, 1.82) is 0 Å². The second-order valence-electron chi connectivity index (χ2n) is 3.21. The van der Waals surface area contributed by atoms with E-state index in [0.29, 0.717) is 5.69 Å². The molecular formula is C11H11NO2. The van der Waals surface area contributed by atoms with Crippen LogP contribution in [-0.2, 0) is 4.74 Å². The van der Waals surface area contributed by atoms with Crippen LogP contribution in [0.3, 0.4) is 0 Å². The fourth-order valence-electron chi connectivity index (χ4n) is 1.53. The highest BCUT2D eigenvalue weighted by molar-refractivity contribution is 5.95. The van der Waals surface area contributed by atoms with Crippen LogP contribution in [0.5, 0.6) is 0 Å². The maximum absolute atomic E-state index is 11.2. The number of aromatic amines is 1. The number of H-pyrrole nitrogens is 1. The van der Waals surface area contributed by atoms with Crippen molar-refractivity contribution in [2.75, 3.05) is 7.11 Å². The number of hydrogen-bond donors (Lipinski definition) is 1. The normalized spacial score (nSPS) is 10.4. The van der Waals surface area contributed by atoms with E-state index >= 15 is 0 Å². The van der Waals surface area contributed by atoms with Gasteiger partial charge in [-0.05, 0) is 18.6 Å². The molecule has 14 heavy (non-hydrogen) atoms. The van der Waals surface area contributed by atoms with Gasteiger partial charge in [-0.25, -0.2) is 4.79 Å². The Morgan fingerprint density at radius 2 is 2.21 bits per heavy atom. The molecule has 0 unspecified atom stereocenters. The zero-order valence-corrected chi connectivity index (χ0v) is 8.13. The second-order valence-corrected chi connectivity index (χ2v) is 3.21. The minimum Gasteiger partial charge on any atom is -0.464 e. The lowest BCUT2D eigenvalue weighted by Crippen LogP contribution is -2.00. The highest BCUT2D eigenvalue weighted by Crippen LogP contribution is 2.18. The van der Waals surface area contributed by atoms with Crippen molar-refractivity contribution >= 4 is 16.9 Å². The molecule has 0 fully saturated rings. The summed E-state index contributed by atoms with van der Waals surface area (Å²) in [6, 6.07) is 7.73. The Bertz CT molecular complexity index is 485. The van der Waals surface area contributed by atoms with Gasteiger partial charge in [-0.1, -0.05) is 18.2 Å². The van der Waals surface area contributed by atoms with Gasteiger partial charge in [-0.3, -0.25) is 0 Å². The minimum atomic E-state index is -0.333. The van der Waals surface area contributed by atoms with Crippen molar-refractivity contribution in [2.24, 2.45) is 0 Å². The molecule has 2 aromatic rings. The number of para-hydroxylation sites is 1. The molecule has 0 saturated heterocycles. The number of rotatable bonds is 1. The second kappa shape index (κ2) is 3.18. The number of aryl methyl sites for hydroxylation is 1. The van der Waals surface area contributed by atoms with Crippen molar-refractivity contribution in [1.82, 2.24) is 4.98 Å². The Labute approximate surface area is 81.7 Å². The van der Waals surface area contributed by atoms with Gasteiger partial charge < -0.3 is 9.72 Å². The number of carbonyl (C=O) groups excluding carboxylic acids is 1. The monoisotopic (exact) mass is 189 g/mol. The molecule has 0 bridgehead atoms. The van der Waals surface area contributed by atoms with E-state index in [-0.39, 0.29) is 5.97 Å². The van der Waals surface area contributed by atoms with Crippen LogP contribution >= 0.6 is 0 Å². The number of fused-ring (bicyclic) bond motifs is 1. The predicted molar refractivity (Wildman–Crippen MR) is 54.4 cm³/mol. The molecule has 1 N–H and O–H groups in total. The molecule has 0 amide bonds. The van der Waals surface area contributed by atoms with Crippen LogP contribution in [0.1, 0.15) is 16.1 Å². The topological polar surface area (TPSA) is 42.1 Å². The summed E-state index contributed by atoms with van der Waals surface area (Å²) < 4.78 is 4.64. The number of esters is 1. The zero-order chi connectivity index (χ0) is 10.1. The third-order valence-electron chi connectivity index (χ3n) is 2.27. The minimum absolute atomic E-state index is 0.333. The Hall–Kier alpha value is -1.77. The van der Waals surface area contributed by atoms with Crippen molar-refractivity contribution < 1.29 is 9.53 Å². The maximum Gasteiger partial charge on any atom is 0.354 e. The predicted octanol–water partition coefficient (Wildman–Crippen LogP) is 2.26. The lowest BCUT2D eigenvalue weighted by Gasteiger charge is -1.94. The van der Waals surface area contributed by atoms with Gasteiger partial charge in [0.05, 0.1) is 7.11 Å². The Balaban J connectivity index is 2.62. The van der Waals surface area contributed by atoms with Crippen molar-refractivity contribution in [3.8, 4) is 0 Å². The Morgan fingerprint density at radius 1 is 1.43 bits per heavy atom. The number of hydrogen-bond acceptors (Lipinski definition) is 2. The molecule has 0 radical (unpaired) electrons. The zero-order valence-electron chi connectivity index (χ0n) is 8.13. The summed E-state index contributed by atoms with van der Waals surface area (Å²) in [5.41, 5.74) is 2.61. The summed E-state index contributed by atoms with van der Waals surface area (Å²) in [6.07, 6.45) is 0. The van der Waals surface area contributed by atoms with Crippen LogP contribution in [0.2, 0.25) is 0 Å². The largest absolute Gasteiger partial charge is 0.464 e. The highest BCUT2D eigenvalue weighted by atomic mass is 16.5. The van der Waals surface area contributed by atoms with Crippen molar-refractivity contribution in [3.05, 3.63) is 35.5 Å². The van der Waals surface area contributed by atoms with Gasteiger partial charge in [0.15, 0.2) is 0 Å². The standard InChI is InChI=1S/C11H11NO2/c1-7-4-3-5-8-6-9(11(13)14-2)12-10(7)8/h3-6,12H,1-2H3. The summed E-state index contributed by atoms with van der Waals surface area (Å²) in [4.78, 5) is 14.3. The first kappa shape index (κ1) is 8.81. The van der Waals surface area contributed by atoms with Crippen LogP contribution in [-0.4, -0.2) is 18.1 Å². The first-order chi connectivity index (χ1) is 6.72. The SMILES string of the molecule is COC(=O)c1cc2cccc(C)c2[nH]1. The van der Waals surface area contributed by atoms with E-state index in [1.165, 1.54) is 7.11 Å². The number of carbonyl (C=O) groups is 1. The number of nitrogens with one attached hydrogen (secondary N) is 1. The first-order valence-corrected chi connectivity index (χ1v) is 4.39. The summed E-state index contributed by atoms with van der Waals surface area (Å²) in [7, 11) is 1.38. The average Bonchev–Trinajstić information content (AvgIpc) is 2.62. The molecule has 1 aromatic carbocycles. The van der Waals surface area contributed by atoms with Gasteiger partial charge in [0.2, 0.25) is 0 Å². The molecule has 3 nitrogen and oxygen atoms in total. The molecule has 1 aromatic heterocycles. The molecule has 0 aliphatic carbocycles. The van der Waals surface area contributed by atoms with Crippen LogP contribution in [0.15, 0.2) is 24.3 Å². The molecule has 1 heterocycles. The van der Waals surface area contributed by atoms with Crippen LogP contribution in [0.25, 0.3) is 10.9 Å². The van der Waals surface area contributed by atoms with Crippen LogP contribution in [0.4, 0.5) is 0 Å². The van der Waals surface area contributed by atoms with E-state index in [1.54, 1.807) is 6.07 Å². The summed E-state index contributed by atoms with van der Waals surface area (Å²) in [6.45, 7) is 2.00. The van der Waals surface area contributed by atoms with E-state index in [2.05, 4.69) is 9.72 Å². The fourth-order valence-corrected chi connectivity index (χ4v) is 1.53. The Kier molecular flexibility index (Phi) is 2.00. The van der Waals surface area contributed by atoms with Gasteiger partial charge in [0, 0.05) is 10.9 Å². The molecule has 0 saturated carbocycles. The van der Waals surface area contributed by atoms with E-state index in [0.717, 1.165) is 16.5 Å². The van der Waals surface area contributed by atoms with Crippen LogP contribution < -0.4 is 0 Å². The van der Waals surface area contributed by atoms with E-state index in [4.69, 9.17) is 0 Å². The molecule has 72 valence electrons. The lowest BCUT2D eigenvalue weighted by molar-refractivity contribution is 0.0595. The van der Waals surface area contributed by atoms with Gasteiger partial charge in [0.1, 0.15) is 5.69 Å². The number of aromatic nitrogens is 1. The molecule has 0 aliphatic rings. The van der Waals surface area contributed by atoms with Gasteiger partial charge in [0.25, 0.3) is 0 Å². The average molecular weight is 189 g/mol. The van der Waals surface area contributed by atoms with E-state index < -0.39 is 0 Å². The smallest absolute Gasteiger partial charge is 0.354 e. The fraction of sp³-hybridized carbons (Fsp3) is 0.182. The summed E-state index contributed by atoms with van der Waals surface area (Å²) in [5, 5.41) is 1.03.